The molecule has 4 nitrogen and oxygen atoms in total. The number of hydrogen-bond acceptors (Lipinski definition) is 4. The van der Waals surface area contributed by atoms with Crippen LogP contribution < -0.4 is 14.8 Å². The first-order valence-electron chi connectivity index (χ1n) is 6.38. The molecule has 0 radical (unpaired) electrons. The Hall–Kier alpha value is -1.75. The third-order valence-corrected chi connectivity index (χ3v) is 3.34. The van der Waals surface area contributed by atoms with Gasteiger partial charge in [0.05, 0.1) is 11.6 Å². The van der Waals surface area contributed by atoms with E-state index >= 15 is 0 Å². The van der Waals surface area contributed by atoms with Crippen LogP contribution in [-0.2, 0) is 6.61 Å². The highest BCUT2D eigenvalue weighted by molar-refractivity contribution is 9.10. The average molecular weight is 337 g/mol. The molecule has 0 fully saturated rings. The maximum absolute atomic E-state index is 5.81. The van der Waals surface area contributed by atoms with Crippen molar-refractivity contribution < 1.29 is 9.47 Å². The average Bonchev–Trinajstić information content (AvgIpc) is 2.47. The van der Waals surface area contributed by atoms with Crippen LogP contribution in [0.3, 0.4) is 0 Å². The van der Waals surface area contributed by atoms with Gasteiger partial charge in [-0.2, -0.15) is 0 Å². The van der Waals surface area contributed by atoms with Gasteiger partial charge in [-0.3, -0.25) is 0 Å². The number of halogens is 1. The van der Waals surface area contributed by atoms with Crippen molar-refractivity contribution >= 4 is 21.7 Å². The fourth-order valence-corrected chi connectivity index (χ4v) is 2.20. The normalized spacial score (nSPS) is 10.2. The van der Waals surface area contributed by atoms with Crippen molar-refractivity contribution in [1.29, 1.82) is 0 Å². The molecule has 106 valence electrons. The summed E-state index contributed by atoms with van der Waals surface area (Å²) in [5.41, 5.74) is 1.00. The molecular weight excluding hydrogens is 320 g/mol. The van der Waals surface area contributed by atoms with E-state index in [0.717, 1.165) is 22.4 Å². The van der Waals surface area contributed by atoms with Gasteiger partial charge in [0.25, 0.3) is 0 Å². The number of methoxy groups -OCH3 is 1. The molecule has 0 aliphatic carbocycles. The van der Waals surface area contributed by atoms with Gasteiger partial charge in [-0.1, -0.05) is 12.1 Å². The molecule has 2 rings (SSSR count). The number of rotatable bonds is 6. The molecule has 5 heteroatoms. The van der Waals surface area contributed by atoms with Crippen molar-refractivity contribution in [2.24, 2.45) is 0 Å². The molecule has 1 heterocycles. The molecule has 1 aromatic heterocycles. The quantitative estimate of drug-likeness (QED) is 0.869. The Morgan fingerprint density at radius 3 is 2.75 bits per heavy atom. The van der Waals surface area contributed by atoms with Gasteiger partial charge in [0.2, 0.25) is 0 Å². The summed E-state index contributed by atoms with van der Waals surface area (Å²) >= 11 is 3.46. The monoisotopic (exact) mass is 336 g/mol. The second-order valence-corrected chi connectivity index (χ2v) is 5.00. The van der Waals surface area contributed by atoms with Crippen LogP contribution in [0.5, 0.6) is 11.5 Å². The van der Waals surface area contributed by atoms with Crippen LogP contribution in [0, 0.1) is 0 Å². The molecule has 20 heavy (non-hydrogen) atoms. The van der Waals surface area contributed by atoms with Crippen LogP contribution in [0.2, 0.25) is 0 Å². The second kappa shape index (κ2) is 7.14. The van der Waals surface area contributed by atoms with E-state index in [1.807, 2.05) is 37.3 Å². The Bertz CT molecular complexity index is 558. The van der Waals surface area contributed by atoms with Crippen molar-refractivity contribution in [3.63, 3.8) is 0 Å². The van der Waals surface area contributed by atoms with Gasteiger partial charge in [0, 0.05) is 18.3 Å². The van der Waals surface area contributed by atoms with Gasteiger partial charge in [0.1, 0.15) is 12.4 Å². The van der Waals surface area contributed by atoms with E-state index in [1.54, 1.807) is 13.3 Å². The smallest absolute Gasteiger partial charge is 0.175 e. The van der Waals surface area contributed by atoms with E-state index in [-0.39, 0.29) is 0 Å². The lowest BCUT2D eigenvalue weighted by Crippen LogP contribution is -2.01. The van der Waals surface area contributed by atoms with Crippen LogP contribution in [0.15, 0.2) is 41.0 Å². The maximum Gasteiger partial charge on any atom is 0.175 e. The number of ether oxygens (including phenoxy) is 2. The Morgan fingerprint density at radius 2 is 2.10 bits per heavy atom. The minimum absolute atomic E-state index is 0.443. The summed E-state index contributed by atoms with van der Waals surface area (Å²) in [4.78, 5) is 4.31. The number of nitrogens with one attached hydrogen (secondary N) is 1. The predicted octanol–water partition coefficient (Wildman–Crippen LogP) is 3.86. The van der Waals surface area contributed by atoms with Gasteiger partial charge in [0.15, 0.2) is 11.5 Å². The first-order chi connectivity index (χ1) is 9.74. The summed E-state index contributed by atoms with van der Waals surface area (Å²) in [6.07, 6.45) is 1.81. The minimum atomic E-state index is 0.443. The van der Waals surface area contributed by atoms with Crippen LogP contribution in [0.25, 0.3) is 0 Å². The van der Waals surface area contributed by atoms with Crippen LogP contribution >= 0.6 is 15.9 Å². The standard InChI is InChI=1S/C15H17BrN2O2/c1-3-17-14-8-7-11(9-18-14)10-20-15-12(16)5-4-6-13(15)19-2/h4-9H,3,10H2,1-2H3,(H,17,18). The molecule has 0 saturated carbocycles. The van der Waals surface area contributed by atoms with Gasteiger partial charge >= 0.3 is 0 Å². The largest absolute Gasteiger partial charge is 0.493 e. The van der Waals surface area contributed by atoms with E-state index in [1.165, 1.54) is 0 Å². The first-order valence-corrected chi connectivity index (χ1v) is 7.18. The van der Waals surface area contributed by atoms with Crippen LogP contribution in [0.4, 0.5) is 5.82 Å². The molecule has 0 amide bonds. The number of benzene rings is 1. The lowest BCUT2D eigenvalue weighted by atomic mass is 10.3. The Morgan fingerprint density at radius 1 is 1.25 bits per heavy atom. The summed E-state index contributed by atoms with van der Waals surface area (Å²) in [5.74, 6) is 2.28. The topological polar surface area (TPSA) is 43.4 Å². The highest BCUT2D eigenvalue weighted by Crippen LogP contribution is 2.35. The van der Waals surface area contributed by atoms with Crippen molar-refractivity contribution in [3.05, 3.63) is 46.6 Å². The molecule has 0 atom stereocenters. The molecule has 2 aromatic rings. The predicted molar refractivity (Wildman–Crippen MR) is 83.4 cm³/mol. The van der Waals surface area contributed by atoms with Crippen molar-refractivity contribution in [1.82, 2.24) is 4.98 Å². The Labute approximate surface area is 127 Å². The number of para-hydroxylation sites is 1. The summed E-state index contributed by atoms with van der Waals surface area (Å²) in [7, 11) is 1.63. The summed E-state index contributed by atoms with van der Waals surface area (Å²) in [6.45, 7) is 3.34. The van der Waals surface area contributed by atoms with Crippen molar-refractivity contribution in [3.8, 4) is 11.5 Å². The summed E-state index contributed by atoms with van der Waals surface area (Å²) in [6, 6.07) is 9.63. The molecule has 0 aliphatic rings. The van der Waals surface area contributed by atoms with Gasteiger partial charge in [-0.05, 0) is 41.1 Å². The minimum Gasteiger partial charge on any atom is -0.493 e. The first kappa shape index (κ1) is 14.7. The summed E-state index contributed by atoms with van der Waals surface area (Å²) in [5, 5.41) is 3.16. The third kappa shape index (κ3) is 3.63. The van der Waals surface area contributed by atoms with Crippen LogP contribution in [0.1, 0.15) is 12.5 Å². The zero-order valence-electron chi connectivity index (χ0n) is 11.5. The lowest BCUT2D eigenvalue weighted by Gasteiger charge is -2.12. The van der Waals surface area contributed by atoms with Crippen molar-refractivity contribution in [2.45, 2.75) is 13.5 Å². The third-order valence-electron chi connectivity index (χ3n) is 2.72. The highest BCUT2D eigenvalue weighted by Gasteiger charge is 2.08. The molecule has 0 bridgehead atoms. The molecular formula is C15H17BrN2O2. The Balaban J connectivity index is 2.05. The molecule has 1 aromatic carbocycles. The maximum atomic E-state index is 5.81. The van der Waals surface area contributed by atoms with Crippen LogP contribution in [-0.4, -0.2) is 18.6 Å². The molecule has 0 aliphatic heterocycles. The van der Waals surface area contributed by atoms with Gasteiger partial charge in [-0.15, -0.1) is 0 Å². The number of hydrogen-bond donors (Lipinski definition) is 1. The SMILES string of the molecule is CCNc1ccc(COc2c(Br)cccc2OC)cn1. The van der Waals surface area contributed by atoms with E-state index < -0.39 is 0 Å². The van der Waals surface area contributed by atoms with Gasteiger partial charge in [-0.25, -0.2) is 4.98 Å². The highest BCUT2D eigenvalue weighted by atomic mass is 79.9. The molecule has 0 spiro atoms. The fraction of sp³-hybridized carbons (Fsp3) is 0.267. The number of pyridine rings is 1. The molecule has 0 saturated heterocycles. The molecule has 1 N–H and O–H groups in total. The zero-order valence-corrected chi connectivity index (χ0v) is 13.1. The van der Waals surface area contributed by atoms with E-state index in [4.69, 9.17) is 9.47 Å². The fourth-order valence-electron chi connectivity index (χ4n) is 1.74. The van der Waals surface area contributed by atoms with E-state index in [0.29, 0.717) is 18.1 Å². The zero-order chi connectivity index (χ0) is 14.4. The van der Waals surface area contributed by atoms with E-state index in [9.17, 15) is 0 Å². The second-order valence-electron chi connectivity index (χ2n) is 4.14. The molecule has 0 unspecified atom stereocenters. The van der Waals surface area contributed by atoms with Crippen molar-refractivity contribution in [2.75, 3.05) is 19.0 Å². The Kier molecular flexibility index (Phi) is 5.24. The van der Waals surface area contributed by atoms with Gasteiger partial charge < -0.3 is 14.8 Å². The lowest BCUT2D eigenvalue weighted by molar-refractivity contribution is 0.282. The number of aromatic nitrogens is 1. The number of nitrogens with zero attached hydrogens (tertiary/aromatic N) is 1. The number of anilines is 1. The summed E-state index contributed by atoms with van der Waals surface area (Å²) < 4.78 is 12.0. The van der Waals surface area contributed by atoms with E-state index in [2.05, 4.69) is 26.2 Å².